The summed E-state index contributed by atoms with van der Waals surface area (Å²) in [6.45, 7) is 5.91. The van der Waals surface area contributed by atoms with Gasteiger partial charge in [0.2, 0.25) is 5.91 Å². The Labute approximate surface area is 185 Å². The van der Waals surface area contributed by atoms with E-state index in [0.29, 0.717) is 40.4 Å². The molecule has 160 valence electrons. The number of carbonyl (C=O) groups excluding carboxylic acids is 2. The van der Waals surface area contributed by atoms with Crippen LogP contribution in [-0.2, 0) is 9.59 Å². The van der Waals surface area contributed by atoms with E-state index in [1.165, 1.54) is 12.1 Å². The molecule has 1 aliphatic heterocycles. The van der Waals surface area contributed by atoms with Gasteiger partial charge in [0.15, 0.2) is 5.78 Å². The van der Waals surface area contributed by atoms with E-state index in [4.69, 9.17) is 11.6 Å². The second kappa shape index (κ2) is 7.61. The first-order chi connectivity index (χ1) is 14.6. The van der Waals surface area contributed by atoms with Crippen LogP contribution in [0.5, 0.6) is 0 Å². The second-order valence-corrected chi connectivity index (χ2v) is 9.48. The molecular weight excluding hydrogens is 416 g/mol. The molecule has 1 aliphatic carbocycles. The van der Waals surface area contributed by atoms with Crippen LogP contribution in [0.25, 0.3) is 0 Å². The smallest absolute Gasteiger partial charge is 0.269 e. The number of anilines is 1. The van der Waals surface area contributed by atoms with Crippen LogP contribution in [0.15, 0.2) is 53.7 Å². The van der Waals surface area contributed by atoms with Crippen molar-refractivity contribution in [2.45, 2.75) is 46.0 Å². The quantitative estimate of drug-likeness (QED) is 0.453. The normalized spacial score (nSPS) is 20.6. The van der Waals surface area contributed by atoms with Gasteiger partial charge < -0.3 is 0 Å². The number of aryl methyl sites for hydroxylation is 1. The summed E-state index contributed by atoms with van der Waals surface area (Å²) in [6.07, 6.45) is 0.988. The Balaban J connectivity index is 1.90. The van der Waals surface area contributed by atoms with Crippen LogP contribution in [0.3, 0.4) is 0 Å². The summed E-state index contributed by atoms with van der Waals surface area (Å²) in [6, 6.07) is 11.7. The second-order valence-electron chi connectivity index (χ2n) is 9.07. The zero-order chi connectivity index (χ0) is 22.5. The van der Waals surface area contributed by atoms with Gasteiger partial charge in [-0.3, -0.25) is 24.6 Å². The summed E-state index contributed by atoms with van der Waals surface area (Å²) in [4.78, 5) is 39.1. The molecule has 0 saturated heterocycles. The van der Waals surface area contributed by atoms with Crippen LogP contribution in [0.1, 0.15) is 50.2 Å². The Kier molecular flexibility index (Phi) is 5.21. The number of hydrogen-bond donors (Lipinski definition) is 0. The fourth-order valence-electron chi connectivity index (χ4n) is 4.58. The number of Topliss-reactive ketones (excluding diaryl/α,β-unsaturated/α-hetero) is 1. The molecule has 0 N–H and O–H groups in total. The molecule has 0 spiro atoms. The van der Waals surface area contributed by atoms with E-state index in [1.54, 1.807) is 23.1 Å². The molecule has 1 unspecified atom stereocenters. The van der Waals surface area contributed by atoms with Crippen molar-refractivity contribution in [2.24, 2.45) is 5.41 Å². The molecule has 0 saturated carbocycles. The number of nitrogens with zero attached hydrogens (tertiary/aromatic N) is 2. The lowest BCUT2D eigenvalue weighted by Gasteiger charge is -2.43. The van der Waals surface area contributed by atoms with E-state index in [0.717, 1.165) is 5.56 Å². The molecule has 0 aromatic heterocycles. The van der Waals surface area contributed by atoms with Gasteiger partial charge in [0, 0.05) is 47.2 Å². The van der Waals surface area contributed by atoms with Gasteiger partial charge >= 0.3 is 0 Å². The van der Waals surface area contributed by atoms with E-state index in [-0.39, 0.29) is 29.2 Å². The number of halogens is 1. The number of rotatable bonds is 3. The lowest BCUT2D eigenvalue weighted by atomic mass is 9.69. The fraction of sp³-hybridized carbons (Fsp3) is 0.333. The molecule has 6 nitrogen and oxygen atoms in total. The lowest BCUT2D eigenvalue weighted by Crippen LogP contribution is -2.43. The molecule has 7 heteroatoms. The number of hydrogen-bond acceptors (Lipinski definition) is 4. The molecule has 0 bridgehead atoms. The maximum atomic E-state index is 13.4. The molecular formula is C24H23ClN2O4. The van der Waals surface area contributed by atoms with Crippen LogP contribution in [0.2, 0.25) is 5.02 Å². The van der Waals surface area contributed by atoms with Crippen LogP contribution in [0.4, 0.5) is 11.4 Å². The van der Waals surface area contributed by atoms with Crippen molar-refractivity contribution < 1.29 is 14.5 Å². The highest BCUT2D eigenvalue weighted by atomic mass is 35.5. The maximum Gasteiger partial charge on any atom is 0.269 e. The minimum absolute atomic E-state index is 0.0153. The van der Waals surface area contributed by atoms with Gasteiger partial charge in [-0.05, 0) is 42.0 Å². The molecule has 1 atom stereocenters. The number of nitro groups is 1. The Bertz CT molecular complexity index is 1150. The zero-order valence-corrected chi connectivity index (χ0v) is 18.4. The monoisotopic (exact) mass is 438 g/mol. The highest BCUT2D eigenvalue weighted by molar-refractivity contribution is 6.31. The third-order valence-corrected chi connectivity index (χ3v) is 6.45. The zero-order valence-electron chi connectivity index (χ0n) is 17.6. The molecule has 1 amide bonds. The van der Waals surface area contributed by atoms with Gasteiger partial charge in [-0.25, -0.2) is 0 Å². The van der Waals surface area contributed by atoms with Gasteiger partial charge in [-0.15, -0.1) is 0 Å². The average Bonchev–Trinajstić information content (AvgIpc) is 2.68. The summed E-state index contributed by atoms with van der Waals surface area (Å²) in [5, 5.41) is 11.8. The molecule has 4 rings (SSSR count). The standard InChI is InChI=1S/C24H23ClN2O4/c1-14-7-8-16(10-19(14)25)26-20-12-24(2,3)13-21(28)23(20)18(11-22(26)29)15-5-4-6-17(9-15)27(30)31/h4-10,18H,11-13H2,1-3H3. The van der Waals surface area contributed by atoms with Crippen LogP contribution in [-0.4, -0.2) is 16.6 Å². The number of allylic oxidation sites excluding steroid dienone is 2. The number of carbonyl (C=O) groups is 2. The Morgan fingerprint density at radius 2 is 1.87 bits per heavy atom. The number of nitro benzene ring substituents is 1. The first kappa shape index (κ1) is 21.2. The van der Waals surface area contributed by atoms with Crippen molar-refractivity contribution in [2.75, 3.05) is 4.90 Å². The van der Waals surface area contributed by atoms with Gasteiger partial charge in [-0.1, -0.05) is 43.6 Å². The first-order valence-corrected chi connectivity index (χ1v) is 10.5. The Morgan fingerprint density at radius 3 is 2.55 bits per heavy atom. The first-order valence-electron chi connectivity index (χ1n) is 10.2. The molecule has 2 aromatic carbocycles. The van der Waals surface area contributed by atoms with Crippen molar-refractivity contribution in [1.29, 1.82) is 0 Å². The number of non-ortho nitro benzene ring substituents is 1. The third kappa shape index (κ3) is 3.88. The van der Waals surface area contributed by atoms with Gasteiger partial charge in [0.05, 0.1) is 10.6 Å². The summed E-state index contributed by atoms with van der Waals surface area (Å²) in [7, 11) is 0. The SMILES string of the molecule is Cc1ccc(N2C(=O)CC(c3cccc([N+](=O)[O-])c3)C3=C2CC(C)(C)CC3=O)cc1Cl. The maximum absolute atomic E-state index is 13.4. The average molecular weight is 439 g/mol. The van der Waals surface area contributed by atoms with Crippen molar-refractivity contribution in [3.63, 3.8) is 0 Å². The minimum Gasteiger partial charge on any atom is -0.294 e. The topological polar surface area (TPSA) is 80.5 Å². The number of amides is 1. The van der Waals surface area contributed by atoms with Crippen molar-refractivity contribution in [3.05, 3.63) is 80.0 Å². The van der Waals surface area contributed by atoms with E-state index in [9.17, 15) is 19.7 Å². The Hall–Kier alpha value is -2.99. The van der Waals surface area contributed by atoms with Crippen LogP contribution < -0.4 is 4.90 Å². The van der Waals surface area contributed by atoms with Crippen molar-refractivity contribution in [3.8, 4) is 0 Å². The summed E-state index contributed by atoms with van der Waals surface area (Å²) >= 11 is 6.33. The highest BCUT2D eigenvalue weighted by Gasteiger charge is 2.44. The predicted octanol–water partition coefficient (Wildman–Crippen LogP) is 5.72. The third-order valence-electron chi connectivity index (χ3n) is 6.04. The summed E-state index contributed by atoms with van der Waals surface area (Å²) < 4.78 is 0. The van der Waals surface area contributed by atoms with Crippen molar-refractivity contribution in [1.82, 2.24) is 0 Å². The number of ketones is 1. The molecule has 0 fully saturated rings. The predicted molar refractivity (Wildman–Crippen MR) is 119 cm³/mol. The van der Waals surface area contributed by atoms with E-state index < -0.39 is 10.8 Å². The molecule has 1 heterocycles. The molecule has 0 radical (unpaired) electrons. The van der Waals surface area contributed by atoms with E-state index in [1.807, 2.05) is 32.9 Å². The lowest BCUT2D eigenvalue weighted by molar-refractivity contribution is -0.384. The Morgan fingerprint density at radius 1 is 1.13 bits per heavy atom. The molecule has 31 heavy (non-hydrogen) atoms. The molecule has 2 aromatic rings. The van der Waals surface area contributed by atoms with Crippen molar-refractivity contribution >= 4 is 34.7 Å². The van der Waals surface area contributed by atoms with Gasteiger partial charge in [-0.2, -0.15) is 0 Å². The van der Waals surface area contributed by atoms with E-state index >= 15 is 0 Å². The molecule has 2 aliphatic rings. The van der Waals surface area contributed by atoms with Crippen LogP contribution >= 0.6 is 11.6 Å². The largest absolute Gasteiger partial charge is 0.294 e. The van der Waals surface area contributed by atoms with Gasteiger partial charge in [0.25, 0.3) is 5.69 Å². The summed E-state index contributed by atoms with van der Waals surface area (Å²) in [5.41, 5.74) is 3.06. The minimum atomic E-state index is -0.497. The summed E-state index contributed by atoms with van der Waals surface area (Å²) in [5.74, 6) is -0.665. The van der Waals surface area contributed by atoms with E-state index in [2.05, 4.69) is 0 Å². The van der Waals surface area contributed by atoms with Gasteiger partial charge in [0.1, 0.15) is 0 Å². The van der Waals surface area contributed by atoms with Crippen LogP contribution in [0, 0.1) is 22.5 Å². The fourth-order valence-corrected chi connectivity index (χ4v) is 4.75. The number of benzene rings is 2. The highest BCUT2D eigenvalue weighted by Crippen LogP contribution is 2.48.